The highest BCUT2D eigenvalue weighted by molar-refractivity contribution is 7.47. The lowest BCUT2D eigenvalue weighted by Gasteiger charge is -2.25. The molecule has 0 bridgehead atoms. The molecule has 0 aromatic carbocycles. The Labute approximate surface area is 486 Å². The van der Waals surface area contributed by atoms with Crippen LogP contribution < -0.4 is 5.32 Å². The minimum Gasteiger partial charge on any atom is -0.387 e. The number of phosphoric acid groups is 1. The van der Waals surface area contributed by atoms with Crippen LogP contribution in [0.4, 0.5) is 0 Å². The zero-order valence-corrected chi connectivity index (χ0v) is 53.6. The fourth-order valence-corrected chi connectivity index (χ4v) is 11.0. The Balaban J connectivity index is 3.87. The third kappa shape index (κ3) is 62.1. The van der Waals surface area contributed by atoms with Gasteiger partial charge in [-0.3, -0.25) is 13.8 Å². The summed E-state index contributed by atoms with van der Waals surface area (Å²) >= 11 is 0. The Morgan fingerprint density at radius 2 is 0.731 bits per heavy atom. The van der Waals surface area contributed by atoms with Gasteiger partial charge in [-0.05, 0) is 57.8 Å². The molecule has 0 fully saturated rings. The first kappa shape index (κ1) is 76.5. The summed E-state index contributed by atoms with van der Waals surface area (Å²) in [5, 5.41) is 13.9. The zero-order valence-electron chi connectivity index (χ0n) is 52.7. The highest BCUT2D eigenvalue weighted by atomic mass is 31.2. The van der Waals surface area contributed by atoms with E-state index in [1.807, 2.05) is 27.2 Å². The quantitative estimate of drug-likeness (QED) is 0.0243. The molecule has 0 heterocycles. The van der Waals surface area contributed by atoms with Crippen molar-refractivity contribution < 1.29 is 32.9 Å². The molecule has 0 aromatic heterocycles. The molecule has 8 nitrogen and oxygen atoms in total. The highest BCUT2D eigenvalue weighted by Gasteiger charge is 2.28. The van der Waals surface area contributed by atoms with Gasteiger partial charge in [0.15, 0.2) is 0 Å². The van der Waals surface area contributed by atoms with Crippen LogP contribution in [0.2, 0.25) is 0 Å². The van der Waals surface area contributed by atoms with Crippen LogP contribution in [0, 0.1) is 0 Å². The maximum Gasteiger partial charge on any atom is 0.472 e. The van der Waals surface area contributed by atoms with Crippen LogP contribution >= 0.6 is 7.82 Å². The van der Waals surface area contributed by atoms with E-state index in [0.29, 0.717) is 17.4 Å². The molecule has 0 spiro atoms. The largest absolute Gasteiger partial charge is 0.472 e. The van der Waals surface area contributed by atoms with E-state index in [1.54, 1.807) is 6.08 Å². The topological polar surface area (TPSA) is 105 Å². The number of aliphatic hydroxyl groups is 1. The first-order chi connectivity index (χ1) is 38.0. The van der Waals surface area contributed by atoms with Gasteiger partial charge in [0.2, 0.25) is 5.91 Å². The summed E-state index contributed by atoms with van der Waals surface area (Å²) in [5.41, 5.74) is 0. The molecule has 0 radical (unpaired) electrons. The molecule has 0 saturated heterocycles. The van der Waals surface area contributed by atoms with Gasteiger partial charge in [-0.25, -0.2) is 4.57 Å². The number of amides is 1. The van der Waals surface area contributed by atoms with Crippen LogP contribution in [0.5, 0.6) is 0 Å². The van der Waals surface area contributed by atoms with Gasteiger partial charge in [0.05, 0.1) is 39.9 Å². The lowest BCUT2D eigenvalue weighted by molar-refractivity contribution is -0.870. The number of allylic oxidation sites excluding steroid dienone is 7. The maximum atomic E-state index is 13.0. The number of unbranched alkanes of at least 4 members (excludes halogenated alkanes) is 44. The molecule has 0 saturated carbocycles. The van der Waals surface area contributed by atoms with E-state index in [1.165, 1.54) is 263 Å². The molecule has 0 rings (SSSR count). The maximum absolute atomic E-state index is 13.0. The van der Waals surface area contributed by atoms with Crippen LogP contribution in [0.1, 0.15) is 335 Å². The van der Waals surface area contributed by atoms with Crippen LogP contribution in [-0.2, 0) is 18.4 Å². The number of likely N-dealkylation sites (N-methyl/N-ethyl adjacent to an activating group) is 1. The Kier molecular flexibility index (Phi) is 58.9. The molecular formula is C69H134N2O6P+. The normalized spacial score (nSPS) is 14.0. The molecular weight excluding hydrogens is 984 g/mol. The van der Waals surface area contributed by atoms with E-state index in [-0.39, 0.29) is 19.1 Å². The molecule has 3 unspecified atom stereocenters. The Morgan fingerprint density at radius 1 is 0.436 bits per heavy atom. The van der Waals surface area contributed by atoms with Crippen molar-refractivity contribution in [1.29, 1.82) is 0 Å². The van der Waals surface area contributed by atoms with Gasteiger partial charge < -0.3 is 19.8 Å². The number of carbonyl (C=O) groups is 1. The van der Waals surface area contributed by atoms with Crippen molar-refractivity contribution in [1.82, 2.24) is 5.32 Å². The Bertz CT molecular complexity index is 1410. The van der Waals surface area contributed by atoms with E-state index in [2.05, 4.69) is 55.6 Å². The SMILES string of the molecule is CCCCCCC/C=C\C/C=C\C/C=C\CCCCCCCCCCCCCCCCCCCCCCCCCCCCC(=O)NC(COP(=O)(O)OCC[N+](C)(C)C)C(O)/C=C/CCCCCCCCCCCCCCC. The number of nitrogens with zero attached hydrogens (tertiary/aromatic N) is 1. The summed E-state index contributed by atoms with van der Waals surface area (Å²) in [5.74, 6) is -0.171. The first-order valence-electron chi connectivity index (χ1n) is 34.0. The number of hydrogen-bond acceptors (Lipinski definition) is 5. The summed E-state index contributed by atoms with van der Waals surface area (Å²) in [6.07, 6.45) is 81.2. The van der Waals surface area contributed by atoms with Gasteiger partial charge in [-0.15, -0.1) is 0 Å². The fraction of sp³-hybridized carbons (Fsp3) is 0.870. The van der Waals surface area contributed by atoms with Crippen LogP contribution in [-0.4, -0.2) is 73.4 Å². The molecule has 0 aliphatic heterocycles. The molecule has 0 aliphatic carbocycles. The molecule has 0 aromatic rings. The number of phosphoric ester groups is 1. The minimum absolute atomic E-state index is 0.0633. The van der Waals surface area contributed by atoms with E-state index in [9.17, 15) is 19.4 Å². The Hall–Kier alpha value is -1.54. The second kappa shape index (κ2) is 60.1. The third-order valence-corrected chi connectivity index (χ3v) is 16.5. The number of hydrogen-bond donors (Lipinski definition) is 3. The number of nitrogens with one attached hydrogen (secondary N) is 1. The van der Waals surface area contributed by atoms with Crippen LogP contribution in [0.25, 0.3) is 0 Å². The van der Waals surface area contributed by atoms with E-state index in [4.69, 9.17) is 9.05 Å². The summed E-state index contributed by atoms with van der Waals surface area (Å²) < 4.78 is 23.7. The van der Waals surface area contributed by atoms with Gasteiger partial charge in [-0.1, -0.05) is 319 Å². The summed E-state index contributed by atoms with van der Waals surface area (Å²) in [6, 6.07) is -0.845. The average molecular weight is 1120 g/mol. The van der Waals surface area contributed by atoms with Crippen molar-refractivity contribution in [2.45, 2.75) is 347 Å². The van der Waals surface area contributed by atoms with Gasteiger partial charge in [0.1, 0.15) is 13.2 Å². The average Bonchev–Trinajstić information content (AvgIpc) is 3.41. The van der Waals surface area contributed by atoms with Gasteiger partial charge in [-0.2, -0.15) is 0 Å². The lowest BCUT2D eigenvalue weighted by atomic mass is 10.0. The van der Waals surface area contributed by atoms with Gasteiger partial charge >= 0.3 is 7.82 Å². The number of aliphatic hydroxyl groups excluding tert-OH is 1. The predicted octanol–water partition coefficient (Wildman–Crippen LogP) is 21.4. The van der Waals surface area contributed by atoms with Crippen LogP contribution in [0.3, 0.4) is 0 Å². The van der Waals surface area contributed by atoms with E-state index < -0.39 is 20.0 Å². The number of rotatable bonds is 63. The molecule has 78 heavy (non-hydrogen) atoms. The lowest BCUT2D eigenvalue weighted by Crippen LogP contribution is -2.45. The summed E-state index contributed by atoms with van der Waals surface area (Å²) in [6.45, 7) is 4.84. The van der Waals surface area contributed by atoms with Crippen LogP contribution in [0.15, 0.2) is 48.6 Å². The fourth-order valence-electron chi connectivity index (χ4n) is 10.2. The summed E-state index contributed by atoms with van der Waals surface area (Å²) in [7, 11) is 1.59. The van der Waals surface area contributed by atoms with Crippen molar-refractivity contribution in [2.24, 2.45) is 0 Å². The summed E-state index contributed by atoms with van der Waals surface area (Å²) in [4.78, 5) is 23.3. The molecule has 0 aliphatic rings. The van der Waals surface area contributed by atoms with Crippen molar-refractivity contribution >= 4 is 13.7 Å². The van der Waals surface area contributed by atoms with Gasteiger partial charge in [0.25, 0.3) is 0 Å². The van der Waals surface area contributed by atoms with Crippen molar-refractivity contribution in [3.8, 4) is 0 Å². The van der Waals surface area contributed by atoms with Crippen molar-refractivity contribution in [2.75, 3.05) is 40.9 Å². The minimum atomic E-state index is -4.35. The van der Waals surface area contributed by atoms with Crippen molar-refractivity contribution in [3.05, 3.63) is 48.6 Å². The van der Waals surface area contributed by atoms with E-state index in [0.717, 1.165) is 51.4 Å². The van der Waals surface area contributed by atoms with Gasteiger partial charge in [0, 0.05) is 6.42 Å². The second-order valence-electron chi connectivity index (χ2n) is 24.6. The van der Waals surface area contributed by atoms with Crippen molar-refractivity contribution in [3.63, 3.8) is 0 Å². The number of carbonyl (C=O) groups excluding carboxylic acids is 1. The molecule has 3 atom stereocenters. The second-order valence-corrected chi connectivity index (χ2v) is 26.0. The predicted molar refractivity (Wildman–Crippen MR) is 341 cm³/mol. The first-order valence-corrected chi connectivity index (χ1v) is 35.5. The zero-order chi connectivity index (χ0) is 57.0. The molecule has 9 heteroatoms. The smallest absolute Gasteiger partial charge is 0.387 e. The monoisotopic (exact) mass is 1120 g/mol. The standard InChI is InChI=1S/C69H133N2O6P/c1-6-8-10-12-14-16-18-20-22-23-24-25-26-27-28-29-30-31-32-33-34-35-36-37-38-39-40-41-42-43-44-45-46-47-49-51-53-55-57-59-61-63-69(73)70-67(66-77-78(74,75)76-65-64-71(3,4)5)68(72)62-60-58-56-54-52-50-48-21-19-17-15-13-11-9-7-2/h18,20,23-24,26-27,60,62,67-68,72H,6-17,19,21-22,25,28-59,61,63-66H2,1-5H3,(H-,70,73,74,75)/p+1/b20-18-,24-23-,27-26-,62-60+. The Morgan fingerprint density at radius 3 is 1.06 bits per heavy atom. The third-order valence-electron chi connectivity index (χ3n) is 15.5. The molecule has 460 valence electrons. The van der Waals surface area contributed by atoms with E-state index >= 15 is 0 Å². The molecule has 1 amide bonds. The number of quaternary nitrogens is 1. The molecule has 3 N–H and O–H groups in total. The highest BCUT2D eigenvalue weighted by Crippen LogP contribution is 2.43.